The van der Waals surface area contributed by atoms with Gasteiger partial charge >= 0.3 is 0 Å². The first kappa shape index (κ1) is 19.9. The second-order valence-electron chi connectivity index (χ2n) is 8.68. The van der Waals surface area contributed by atoms with Crippen molar-refractivity contribution in [3.63, 3.8) is 0 Å². The largest absolute Gasteiger partial charge is 0.354 e. The smallest absolute Gasteiger partial charge is 0.229 e. The van der Waals surface area contributed by atoms with Gasteiger partial charge in [-0.1, -0.05) is 30.3 Å². The molecule has 1 N–H and O–H groups in total. The lowest BCUT2D eigenvalue weighted by atomic mass is 9.67. The average Bonchev–Trinajstić information content (AvgIpc) is 2.65. The van der Waals surface area contributed by atoms with Gasteiger partial charge in [-0.25, -0.2) is 0 Å². The Kier molecular flexibility index (Phi) is 6.20. The summed E-state index contributed by atoms with van der Waals surface area (Å²) in [5, 5.41) is 2.96. The maximum absolute atomic E-state index is 12.8. The van der Waals surface area contributed by atoms with Gasteiger partial charge in [0, 0.05) is 32.6 Å². The third-order valence-corrected chi connectivity index (χ3v) is 6.11. The molecule has 2 heterocycles. The Labute approximate surface area is 163 Å². The van der Waals surface area contributed by atoms with Gasteiger partial charge in [-0.2, -0.15) is 0 Å². The van der Waals surface area contributed by atoms with E-state index < -0.39 is 0 Å². The molecular formula is C22H33N3O2. The zero-order valence-corrected chi connectivity index (χ0v) is 16.9. The Morgan fingerprint density at radius 3 is 2.52 bits per heavy atom. The number of nitrogens with one attached hydrogen (secondary N) is 1. The highest BCUT2D eigenvalue weighted by molar-refractivity contribution is 5.84. The van der Waals surface area contributed by atoms with E-state index in [1.54, 1.807) is 0 Å². The van der Waals surface area contributed by atoms with Gasteiger partial charge in [0.05, 0.1) is 5.92 Å². The predicted octanol–water partition coefficient (Wildman–Crippen LogP) is 2.63. The normalized spacial score (nSPS) is 23.0. The summed E-state index contributed by atoms with van der Waals surface area (Å²) >= 11 is 0. The summed E-state index contributed by atoms with van der Waals surface area (Å²) in [7, 11) is 1.95. The Balaban J connectivity index is 1.58. The molecule has 2 saturated heterocycles. The van der Waals surface area contributed by atoms with Crippen LogP contribution in [0.25, 0.3) is 0 Å². The number of carbonyl (C=O) groups excluding carboxylic acids is 2. The van der Waals surface area contributed by atoms with Crippen LogP contribution in [0.2, 0.25) is 0 Å². The minimum atomic E-state index is -0.0201. The lowest BCUT2D eigenvalue weighted by Gasteiger charge is -2.49. The molecule has 0 aromatic heterocycles. The third kappa shape index (κ3) is 4.89. The van der Waals surface area contributed by atoms with Crippen LogP contribution in [0, 0.1) is 5.41 Å². The van der Waals surface area contributed by atoms with Gasteiger partial charge in [-0.15, -0.1) is 0 Å². The van der Waals surface area contributed by atoms with Crippen molar-refractivity contribution in [2.45, 2.75) is 51.5 Å². The van der Waals surface area contributed by atoms with E-state index in [0.717, 1.165) is 51.0 Å². The molecule has 5 nitrogen and oxygen atoms in total. The zero-order chi connectivity index (χ0) is 19.4. The molecular weight excluding hydrogens is 338 g/mol. The highest BCUT2D eigenvalue weighted by Crippen LogP contribution is 2.45. The molecule has 148 valence electrons. The molecule has 27 heavy (non-hydrogen) atoms. The molecule has 3 rings (SSSR count). The number of amides is 2. The molecule has 1 aromatic carbocycles. The van der Waals surface area contributed by atoms with Crippen molar-refractivity contribution in [2.75, 3.05) is 33.2 Å². The molecule has 2 fully saturated rings. The quantitative estimate of drug-likeness (QED) is 0.866. The van der Waals surface area contributed by atoms with Crippen LogP contribution >= 0.6 is 0 Å². The number of nitrogens with zero attached hydrogens (tertiary/aromatic N) is 2. The molecule has 1 spiro atoms. The van der Waals surface area contributed by atoms with Crippen LogP contribution in [-0.4, -0.2) is 60.9 Å². The Hall–Kier alpha value is -1.88. The van der Waals surface area contributed by atoms with E-state index in [0.29, 0.717) is 6.42 Å². The SMILES string of the molecule is CC(C)NC(=O)CCN1CCC2(CC1)C[C@@H](c1ccccc1)C(=O)N(C)C2. The average molecular weight is 372 g/mol. The van der Waals surface area contributed by atoms with E-state index in [2.05, 4.69) is 22.3 Å². The summed E-state index contributed by atoms with van der Waals surface area (Å²) < 4.78 is 0. The van der Waals surface area contributed by atoms with Crippen LogP contribution in [0.4, 0.5) is 0 Å². The molecule has 0 unspecified atom stereocenters. The minimum Gasteiger partial charge on any atom is -0.354 e. The summed E-state index contributed by atoms with van der Waals surface area (Å²) in [6.07, 6.45) is 3.71. The van der Waals surface area contributed by atoms with E-state index in [1.165, 1.54) is 0 Å². The first-order valence-electron chi connectivity index (χ1n) is 10.2. The second kappa shape index (κ2) is 8.42. The number of benzene rings is 1. The standard InChI is InChI=1S/C22H33N3O2/c1-17(2)23-20(26)9-12-25-13-10-22(11-14-25)15-19(21(27)24(3)16-22)18-7-5-4-6-8-18/h4-8,17,19H,9-16H2,1-3H3,(H,23,26)/t19-/m0/s1. The molecule has 2 aliphatic rings. The Bertz CT molecular complexity index is 651. The molecule has 1 aromatic rings. The van der Waals surface area contributed by atoms with E-state index in [1.807, 2.05) is 44.0 Å². The van der Waals surface area contributed by atoms with Crippen molar-refractivity contribution in [2.24, 2.45) is 5.41 Å². The van der Waals surface area contributed by atoms with E-state index >= 15 is 0 Å². The van der Waals surface area contributed by atoms with Gasteiger partial charge in [0.2, 0.25) is 11.8 Å². The van der Waals surface area contributed by atoms with Crippen LogP contribution in [0.3, 0.4) is 0 Å². The summed E-state index contributed by atoms with van der Waals surface area (Å²) in [5.74, 6) is 0.366. The van der Waals surface area contributed by atoms with Gasteiger partial charge in [0.15, 0.2) is 0 Å². The van der Waals surface area contributed by atoms with Crippen molar-refractivity contribution in [1.82, 2.24) is 15.1 Å². The fourth-order valence-electron chi connectivity index (χ4n) is 4.64. The van der Waals surface area contributed by atoms with Gasteiger partial charge in [0.1, 0.15) is 0 Å². The highest BCUT2D eigenvalue weighted by Gasteiger charge is 2.44. The van der Waals surface area contributed by atoms with Gasteiger partial charge in [-0.3, -0.25) is 9.59 Å². The number of likely N-dealkylation sites (tertiary alicyclic amines) is 2. The van der Waals surface area contributed by atoms with Crippen molar-refractivity contribution in [1.29, 1.82) is 0 Å². The lowest BCUT2D eigenvalue weighted by molar-refractivity contribution is -0.140. The number of likely N-dealkylation sites (N-methyl/N-ethyl adjacent to an activating group) is 1. The number of rotatable bonds is 5. The fourth-order valence-corrected chi connectivity index (χ4v) is 4.64. The third-order valence-electron chi connectivity index (χ3n) is 6.11. The molecule has 0 aliphatic carbocycles. The van der Waals surface area contributed by atoms with E-state index in [4.69, 9.17) is 0 Å². The number of carbonyl (C=O) groups is 2. The first-order valence-corrected chi connectivity index (χ1v) is 10.2. The van der Waals surface area contributed by atoms with Gasteiger partial charge in [-0.05, 0) is 57.2 Å². The second-order valence-corrected chi connectivity index (χ2v) is 8.68. The molecule has 0 saturated carbocycles. The van der Waals surface area contributed by atoms with Crippen molar-refractivity contribution in [3.8, 4) is 0 Å². The molecule has 0 radical (unpaired) electrons. The van der Waals surface area contributed by atoms with Crippen molar-refractivity contribution < 1.29 is 9.59 Å². The topological polar surface area (TPSA) is 52.7 Å². The maximum Gasteiger partial charge on any atom is 0.229 e. The van der Waals surface area contributed by atoms with E-state index in [9.17, 15) is 9.59 Å². The van der Waals surface area contributed by atoms with Crippen LogP contribution < -0.4 is 5.32 Å². The monoisotopic (exact) mass is 371 g/mol. The van der Waals surface area contributed by atoms with Crippen LogP contribution in [0.1, 0.15) is 51.0 Å². The number of piperidine rings is 2. The first-order chi connectivity index (χ1) is 12.9. The Morgan fingerprint density at radius 2 is 1.89 bits per heavy atom. The molecule has 1 atom stereocenters. The van der Waals surface area contributed by atoms with Crippen LogP contribution in [-0.2, 0) is 9.59 Å². The molecule has 0 bridgehead atoms. The molecule has 2 amide bonds. The zero-order valence-electron chi connectivity index (χ0n) is 16.9. The fraction of sp³-hybridized carbons (Fsp3) is 0.636. The minimum absolute atomic E-state index is 0.0201. The summed E-state index contributed by atoms with van der Waals surface area (Å²) in [6.45, 7) is 7.69. The maximum atomic E-state index is 12.8. The summed E-state index contributed by atoms with van der Waals surface area (Å²) in [4.78, 5) is 29.0. The lowest BCUT2D eigenvalue weighted by Crippen LogP contribution is -2.53. The summed E-state index contributed by atoms with van der Waals surface area (Å²) in [6, 6.07) is 10.4. The van der Waals surface area contributed by atoms with Gasteiger partial charge in [0.25, 0.3) is 0 Å². The number of hydrogen-bond acceptors (Lipinski definition) is 3. The van der Waals surface area contributed by atoms with Crippen LogP contribution in [0.15, 0.2) is 30.3 Å². The number of hydrogen-bond donors (Lipinski definition) is 1. The van der Waals surface area contributed by atoms with Crippen LogP contribution in [0.5, 0.6) is 0 Å². The molecule has 5 heteroatoms. The van der Waals surface area contributed by atoms with Crippen molar-refractivity contribution in [3.05, 3.63) is 35.9 Å². The van der Waals surface area contributed by atoms with Crippen molar-refractivity contribution >= 4 is 11.8 Å². The molecule has 2 aliphatic heterocycles. The Morgan fingerprint density at radius 1 is 1.22 bits per heavy atom. The predicted molar refractivity (Wildman–Crippen MR) is 107 cm³/mol. The van der Waals surface area contributed by atoms with E-state index in [-0.39, 0.29) is 29.2 Å². The highest BCUT2D eigenvalue weighted by atomic mass is 16.2. The van der Waals surface area contributed by atoms with Gasteiger partial charge < -0.3 is 15.1 Å². The summed E-state index contributed by atoms with van der Waals surface area (Å²) in [5.41, 5.74) is 1.35.